The third-order valence-electron chi connectivity index (χ3n) is 8.82. The molecule has 0 spiro atoms. The first-order valence-electron chi connectivity index (χ1n) is 18.5. The van der Waals surface area contributed by atoms with Gasteiger partial charge in [-0.15, -0.1) is 0 Å². The zero-order valence-electron chi connectivity index (χ0n) is 32.2. The van der Waals surface area contributed by atoms with Gasteiger partial charge < -0.3 is 47.3 Å². The monoisotopic (exact) mass is 764 g/mol. The van der Waals surface area contributed by atoms with Crippen molar-refractivity contribution in [2.24, 2.45) is 11.7 Å². The van der Waals surface area contributed by atoms with Gasteiger partial charge in [-0.25, -0.2) is 0 Å². The standard InChI is InChI=1S/C38H55BN7O9/c1-6-8-9-26-10-12-27(13-11-26)28-14-16-29(17-15-28)35(51)43-24(4)23(3)38(54)46(18-7-2)21-33(50)45-34(25(5)47)37(53)41-20-32(49)44-30(19-31(40)48)36(52)42-22-39-55/h10-17,23-25,30,34,47,55H,6-9,18-22H2,1-5H3,(H2,40,48)(H,41,53)(H,42,52)(H,43,51)(H,44,49)(H,45,50). The minimum atomic E-state index is -1.52. The van der Waals surface area contributed by atoms with Gasteiger partial charge in [-0.1, -0.05) is 63.6 Å². The van der Waals surface area contributed by atoms with E-state index in [1.165, 1.54) is 17.4 Å². The summed E-state index contributed by atoms with van der Waals surface area (Å²) in [7, 11) is 0.653. The Balaban J connectivity index is 1.98. The number of nitrogens with two attached hydrogens (primary N) is 1. The average Bonchev–Trinajstić information content (AvgIpc) is 3.16. The molecule has 0 saturated carbocycles. The van der Waals surface area contributed by atoms with E-state index >= 15 is 0 Å². The minimum Gasteiger partial charge on any atom is -0.452 e. The van der Waals surface area contributed by atoms with Crippen molar-refractivity contribution in [2.75, 3.05) is 26.1 Å². The molecule has 0 bridgehead atoms. The van der Waals surface area contributed by atoms with Crippen LogP contribution in [0.15, 0.2) is 48.5 Å². The normalized spacial score (nSPS) is 13.5. The molecule has 2 aromatic rings. The van der Waals surface area contributed by atoms with Crippen molar-refractivity contribution < 1.29 is 43.7 Å². The summed E-state index contributed by atoms with van der Waals surface area (Å²) in [6, 6.07) is 12.0. The Labute approximate surface area is 323 Å². The molecule has 1 radical (unpaired) electrons. The molecule has 0 heterocycles. The molecule has 16 nitrogen and oxygen atoms in total. The molecule has 0 fully saturated rings. The Kier molecular flexibility index (Phi) is 19.6. The number of aryl methyl sites for hydroxylation is 1. The van der Waals surface area contributed by atoms with Gasteiger partial charge in [-0.05, 0) is 61.9 Å². The van der Waals surface area contributed by atoms with Gasteiger partial charge in [0.25, 0.3) is 5.91 Å². The summed E-state index contributed by atoms with van der Waals surface area (Å²) < 4.78 is 0. The summed E-state index contributed by atoms with van der Waals surface area (Å²) >= 11 is 0. The topological polar surface area (TPSA) is 249 Å². The van der Waals surface area contributed by atoms with Crippen LogP contribution in [0.3, 0.4) is 0 Å². The van der Waals surface area contributed by atoms with E-state index in [1.54, 1.807) is 26.0 Å². The smallest absolute Gasteiger partial charge is 0.308 e. The lowest BCUT2D eigenvalue weighted by molar-refractivity contribution is -0.140. The quantitative estimate of drug-likeness (QED) is 0.0692. The van der Waals surface area contributed by atoms with Crippen molar-refractivity contribution in [3.05, 3.63) is 59.7 Å². The zero-order chi connectivity index (χ0) is 41.1. The summed E-state index contributed by atoms with van der Waals surface area (Å²) in [6.07, 6.45) is 1.59. The average molecular weight is 765 g/mol. The second kappa shape index (κ2) is 23.5. The van der Waals surface area contributed by atoms with Crippen molar-refractivity contribution >= 4 is 48.8 Å². The number of hydrogen-bond acceptors (Lipinski definition) is 9. The van der Waals surface area contributed by atoms with Gasteiger partial charge in [0.1, 0.15) is 12.1 Å². The van der Waals surface area contributed by atoms with Gasteiger partial charge in [0, 0.05) is 24.6 Å². The van der Waals surface area contributed by atoms with Crippen LogP contribution < -0.4 is 32.3 Å². The second-order valence-corrected chi connectivity index (χ2v) is 13.4. The van der Waals surface area contributed by atoms with Gasteiger partial charge in [-0.2, -0.15) is 0 Å². The molecule has 0 aromatic heterocycles. The number of hydrogen-bond donors (Lipinski definition) is 8. The molecule has 9 N–H and O–H groups in total. The zero-order valence-corrected chi connectivity index (χ0v) is 32.2. The van der Waals surface area contributed by atoms with Gasteiger partial charge in [0.2, 0.25) is 35.4 Å². The van der Waals surface area contributed by atoms with Crippen LogP contribution in [0.4, 0.5) is 0 Å². The van der Waals surface area contributed by atoms with Crippen LogP contribution in [0.1, 0.15) is 76.2 Å². The van der Waals surface area contributed by atoms with E-state index in [9.17, 15) is 38.7 Å². The number of carbonyl (C=O) groups is 7. The number of benzene rings is 2. The van der Waals surface area contributed by atoms with E-state index in [1.807, 2.05) is 19.1 Å². The number of nitrogens with zero attached hydrogens (tertiary/aromatic N) is 1. The SMILES string of the molecule is CCCCc1ccc(-c2ccc(C(=O)NC(C)C(C)C(=O)N(CCC)CC(=O)NC(C(=O)NCC(=O)NC(CC(N)=O)C(=O)NC[B]O)C(C)O)cc2)cc1. The van der Waals surface area contributed by atoms with E-state index in [0.717, 1.165) is 30.4 Å². The van der Waals surface area contributed by atoms with E-state index in [-0.39, 0.29) is 18.9 Å². The molecule has 0 aliphatic rings. The maximum atomic E-state index is 13.6. The molecule has 17 heteroatoms. The third-order valence-corrected chi connectivity index (χ3v) is 8.82. The highest BCUT2D eigenvalue weighted by Crippen LogP contribution is 2.21. The highest BCUT2D eigenvalue weighted by molar-refractivity contribution is 6.26. The number of carbonyl (C=O) groups excluding carboxylic acids is 7. The summed E-state index contributed by atoms with van der Waals surface area (Å²) in [5.74, 6) is -5.77. The Morgan fingerprint density at radius 3 is 1.96 bits per heavy atom. The second-order valence-electron chi connectivity index (χ2n) is 13.4. The Morgan fingerprint density at radius 1 is 0.800 bits per heavy atom. The van der Waals surface area contributed by atoms with Crippen molar-refractivity contribution in [1.29, 1.82) is 0 Å². The van der Waals surface area contributed by atoms with Crippen LogP contribution in [0.5, 0.6) is 0 Å². The van der Waals surface area contributed by atoms with Crippen LogP contribution in [-0.4, -0.2) is 114 Å². The molecule has 299 valence electrons. The first-order valence-corrected chi connectivity index (χ1v) is 18.5. The number of amides is 7. The maximum absolute atomic E-state index is 13.6. The Hall–Kier alpha value is -5.29. The molecule has 0 aliphatic carbocycles. The predicted molar refractivity (Wildman–Crippen MR) is 207 cm³/mol. The fourth-order valence-corrected chi connectivity index (χ4v) is 5.51. The van der Waals surface area contributed by atoms with Crippen molar-refractivity contribution in [2.45, 2.75) is 91.0 Å². The number of unbranched alkanes of at least 4 members (excludes halogenated alkanes) is 1. The summed E-state index contributed by atoms with van der Waals surface area (Å²) in [6.45, 7) is 7.61. The third kappa shape index (κ3) is 15.5. The van der Waals surface area contributed by atoms with Crippen molar-refractivity contribution in [1.82, 2.24) is 31.5 Å². The molecule has 55 heavy (non-hydrogen) atoms. The summed E-state index contributed by atoms with van der Waals surface area (Å²) in [5, 5.41) is 31.1. The lowest BCUT2D eigenvalue weighted by Gasteiger charge is -2.29. The van der Waals surface area contributed by atoms with Gasteiger partial charge in [0.15, 0.2) is 0 Å². The number of aliphatic hydroxyl groups excluding tert-OH is 1. The first kappa shape index (κ1) is 45.9. The Morgan fingerprint density at radius 2 is 1.42 bits per heavy atom. The lowest BCUT2D eigenvalue weighted by atomic mass is 9.99. The fourth-order valence-electron chi connectivity index (χ4n) is 5.51. The highest BCUT2D eigenvalue weighted by Gasteiger charge is 2.31. The van der Waals surface area contributed by atoms with E-state index in [2.05, 4.69) is 57.8 Å². The number of primary amides is 1. The predicted octanol–water partition coefficient (Wildman–Crippen LogP) is -0.284. The fraction of sp³-hybridized carbons (Fsp3) is 0.500. The van der Waals surface area contributed by atoms with Crippen molar-refractivity contribution in [3.8, 4) is 11.1 Å². The molecule has 0 saturated heterocycles. The largest absolute Gasteiger partial charge is 0.452 e. The number of rotatable bonds is 23. The molecular formula is C38H55BN7O9. The molecule has 7 amide bonds. The minimum absolute atomic E-state index is 0.195. The highest BCUT2D eigenvalue weighted by atomic mass is 16.3. The molecule has 5 atom stereocenters. The van der Waals surface area contributed by atoms with Gasteiger partial charge >= 0.3 is 7.48 Å². The number of nitrogens with one attached hydrogen (secondary N) is 5. The van der Waals surface area contributed by atoms with Crippen LogP contribution in [0.2, 0.25) is 0 Å². The lowest BCUT2D eigenvalue weighted by Crippen LogP contribution is -2.57. The van der Waals surface area contributed by atoms with E-state index in [4.69, 9.17) is 10.8 Å². The van der Waals surface area contributed by atoms with Crippen LogP contribution in [0.25, 0.3) is 11.1 Å². The molecule has 2 aromatic carbocycles. The molecular weight excluding hydrogens is 709 g/mol. The van der Waals surface area contributed by atoms with Crippen molar-refractivity contribution in [3.63, 3.8) is 0 Å². The van der Waals surface area contributed by atoms with E-state index < -0.39 is 85.1 Å². The number of aliphatic hydroxyl groups is 1. The van der Waals surface area contributed by atoms with Crippen LogP contribution >= 0.6 is 0 Å². The molecule has 2 rings (SSSR count). The van der Waals surface area contributed by atoms with Gasteiger partial charge in [0.05, 0.1) is 31.5 Å². The summed E-state index contributed by atoms with van der Waals surface area (Å²) in [4.78, 5) is 90.0. The first-order chi connectivity index (χ1) is 26.1. The summed E-state index contributed by atoms with van der Waals surface area (Å²) in [5.41, 5.74) is 8.86. The van der Waals surface area contributed by atoms with E-state index in [0.29, 0.717) is 19.5 Å². The van der Waals surface area contributed by atoms with Crippen LogP contribution in [-0.2, 0) is 35.2 Å². The molecule has 0 aliphatic heterocycles. The molecule has 5 unspecified atom stereocenters. The Bertz CT molecular complexity index is 1610. The van der Waals surface area contributed by atoms with Crippen LogP contribution in [0, 0.1) is 5.92 Å². The van der Waals surface area contributed by atoms with Gasteiger partial charge in [-0.3, -0.25) is 33.6 Å². The maximum Gasteiger partial charge on any atom is 0.308 e.